The molecule has 0 radical (unpaired) electrons. The van der Waals surface area contributed by atoms with E-state index in [0.29, 0.717) is 25.1 Å². The van der Waals surface area contributed by atoms with Crippen molar-refractivity contribution in [2.75, 3.05) is 18.4 Å². The number of nitrogens with two attached hydrogens (primary N) is 1. The van der Waals surface area contributed by atoms with E-state index in [1.165, 1.54) is 11.3 Å². The van der Waals surface area contributed by atoms with Crippen molar-refractivity contribution in [3.63, 3.8) is 0 Å². The van der Waals surface area contributed by atoms with E-state index < -0.39 is 5.91 Å². The predicted octanol–water partition coefficient (Wildman–Crippen LogP) is 4.93. The summed E-state index contributed by atoms with van der Waals surface area (Å²) in [6.07, 6.45) is 2.38. The van der Waals surface area contributed by atoms with Gasteiger partial charge in [0.25, 0.3) is 5.91 Å². The molecule has 3 N–H and O–H groups in total. The van der Waals surface area contributed by atoms with Gasteiger partial charge in [-0.2, -0.15) is 0 Å². The summed E-state index contributed by atoms with van der Waals surface area (Å²) in [6.45, 7) is 4.14. The third kappa shape index (κ3) is 4.28. The number of carbonyl (C=O) groups excluding carboxylic acids is 2. The highest BCUT2D eigenvalue weighted by atomic mass is 32.1. The molecule has 0 spiro atoms. The Kier molecular flexibility index (Phi) is 6.06. The highest BCUT2D eigenvalue weighted by Gasteiger charge is 2.21. The Morgan fingerprint density at radius 1 is 1.18 bits per heavy atom. The molecule has 8 heteroatoms. The number of likely N-dealkylation sites (tertiary alicyclic amines) is 1. The van der Waals surface area contributed by atoms with E-state index in [2.05, 4.69) is 28.1 Å². The van der Waals surface area contributed by atoms with E-state index in [1.54, 1.807) is 0 Å². The number of primary amides is 1. The SMILES string of the molecule is Cc1c(C(N)=O)cc(-c2csc(Nc3cccc4ccccc34)n2)n1CCCN1CCCC1=O. The first kappa shape index (κ1) is 22.2. The highest BCUT2D eigenvalue weighted by molar-refractivity contribution is 7.14. The van der Waals surface area contributed by atoms with Gasteiger partial charge in [-0.25, -0.2) is 4.98 Å². The fourth-order valence-corrected chi connectivity index (χ4v) is 5.37. The zero-order chi connectivity index (χ0) is 23.7. The van der Waals surface area contributed by atoms with Gasteiger partial charge in [-0.15, -0.1) is 11.3 Å². The molecule has 1 aliphatic rings. The quantitative estimate of drug-likeness (QED) is 0.380. The smallest absolute Gasteiger partial charge is 0.250 e. The van der Waals surface area contributed by atoms with Crippen LogP contribution < -0.4 is 11.1 Å². The van der Waals surface area contributed by atoms with E-state index in [9.17, 15) is 9.59 Å². The lowest BCUT2D eigenvalue weighted by molar-refractivity contribution is -0.127. The highest BCUT2D eigenvalue weighted by Crippen LogP contribution is 2.32. The van der Waals surface area contributed by atoms with Gasteiger partial charge >= 0.3 is 0 Å². The van der Waals surface area contributed by atoms with Gasteiger partial charge in [0.15, 0.2) is 5.13 Å². The van der Waals surface area contributed by atoms with Crippen LogP contribution in [-0.2, 0) is 11.3 Å². The lowest BCUT2D eigenvalue weighted by atomic mass is 10.1. The Morgan fingerprint density at radius 3 is 2.79 bits per heavy atom. The van der Waals surface area contributed by atoms with Crippen molar-refractivity contribution in [3.05, 3.63) is 65.2 Å². The van der Waals surface area contributed by atoms with Crippen molar-refractivity contribution in [2.45, 2.75) is 32.7 Å². The molecule has 0 unspecified atom stereocenters. The molecule has 7 nitrogen and oxygen atoms in total. The summed E-state index contributed by atoms with van der Waals surface area (Å²) in [6, 6.07) is 16.2. The number of anilines is 2. The second-order valence-electron chi connectivity index (χ2n) is 8.57. The van der Waals surface area contributed by atoms with Crippen molar-refractivity contribution >= 4 is 44.7 Å². The molecule has 1 aliphatic heterocycles. The standard InChI is InChI=1S/C26H27N5O2S/c1-17-20(25(27)33)15-23(31(17)14-6-13-30-12-5-11-24(30)32)22-16-34-26(29-22)28-21-10-4-8-18-7-2-3-9-19(18)21/h2-4,7-10,15-16H,5-6,11-14H2,1H3,(H2,27,33)(H,28,29). The van der Waals surface area contributed by atoms with E-state index >= 15 is 0 Å². The molecular formula is C26H27N5O2S. The van der Waals surface area contributed by atoms with E-state index in [0.717, 1.165) is 58.1 Å². The summed E-state index contributed by atoms with van der Waals surface area (Å²) >= 11 is 1.52. The first-order valence-corrected chi connectivity index (χ1v) is 12.4. The number of hydrogen-bond donors (Lipinski definition) is 2. The Hall–Kier alpha value is -3.65. The van der Waals surface area contributed by atoms with Gasteiger partial charge in [0, 0.05) is 48.2 Å². The van der Waals surface area contributed by atoms with Crippen LogP contribution in [-0.4, -0.2) is 39.4 Å². The summed E-state index contributed by atoms with van der Waals surface area (Å²) in [4.78, 5) is 30.7. The number of thiazole rings is 1. The zero-order valence-electron chi connectivity index (χ0n) is 19.1. The molecule has 0 bridgehead atoms. The van der Waals surface area contributed by atoms with Gasteiger partial charge in [0.2, 0.25) is 5.91 Å². The van der Waals surface area contributed by atoms with Crippen LogP contribution in [0.15, 0.2) is 53.9 Å². The maximum absolute atomic E-state index is 12.0. The lowest BCUT2D eigenvalue weighted by Gasteiger charge is -2.17. The van der Waals surface area contributed by atoms with Gasteiger partial charge < -0.3 is 20.5 Å². The summed E-state index contributed by atoms with van der Waals surface area (Å²) in [7, 11) is 0. The van der Waals surface area contributed by atoms with E-state index in [1.807, 2.05) is 47.5 Å². The molecule has 2 aromatic heterocycles. The fourth-order valence-electron chi connectivity index (χ4n) is 4.65. The molecule has 1 fully saturated rings. The van der Waals surface area contributed by atoms with Crippen LogP contribution in [0.2, 0.25) is 0 Å². The summed E-state index contributed by atoms with van der Waals surface area (Å²) < 4.78 is 2.09. The van der Waals surface area contributed by atoms with Crippen molar-refractivity contribution in [3.8, 4) is 11.4 Å². The minimum Gasteiger partial charge on any atom is -0.366 e. The van der Waals surface area contributed by atoms with Crippen LogP contribution in [0.1, 0.15) is 35.3 Å². The van der Waals surface area contributed by atoms with Gasteiger partial charge in [0.1, 0.15) is 0 Å². The van der Waals surface area contributed by atoms with E-state index in [4.69, 9.17) is 10.7 Å². The van der Waals surface area contributed by atoms with Gasteiger partial charge in [-0.05, 0) is 37.3 Å². The number of rotatable bonds is 8. The number of fused-ring (bicyclic) bond motifs is 1. The Bertz CT molecular complexity index is 1370. The number of carbonyl (C=O) groups is 2. The maximum Gasteiger partial charge on any atom is 0.250 e. The Morgan fingerprint density at radius 2 is 2.00 bits per heavy atom. The molecule has 1 saturated heterocycles. The second kappa shape index (κ2) is 9.30. The van der Waals surface area contributed by atoms with Gasteiger partial charge in [-0.1, -0.05) is 36.4 Å². The molecule has 3 heterocycles. The first-order valence-electron chi connectivity index (χ1n) is 11.5. The zero-order valence-corrected chi connectivity index (χ0v) is 19.9. The maximum atomic E-state index is 12.0. The number of aromatic nitrogens is 2. The van der Waals surface area contributed by atoms with E-state index in [-0.39, 0.29) is 5.91 Å². The minimum atomic E-state index is -0.448. The number of amides is 2. The topological polar surface area (TPSA) is 93.2 Å². The molecule has 2 aromatic carbocycles. The number of benzene rings is 2. The second-order valence-corrected chi connectivity index (χ2v) is 9.43. The van der Waals surface area contributed by atoms with Crippen LogP contribution in [0.3, 0.4) is 0 Å². The largest absolute Gasteiger partial charge is 0.366 e. The molecule has 0 atom stereocenters. The number of nitrogens with zero attached hydrogens (tertiary/aromatic N) is 3. The van der Waals surface area contributed by atoms with Crippen LogP contribution in [0.25, 0.3) is 22.2 Å². The van der Waals surface area contributed by atoms with Crippen molar-refractivity contribution in [1.82, 2.24) is 14.5 Å². The molecule has 0 saturated carbocycles. The van der Waals surface area contributed by atoms with Gasteiger partial charge in [0.05, 0.1) is 17.0 Å². The minimum absolute atomic E-state index is 0.228. The van der Waals surface area contributed by atoms with Gasteiger partial charge in [-0.3, -0.25) is 9.59 Å². The third-order valence-electron chi connectivity index (χ3n) is 6.41. The number of nitrogens with one attached hydrogen (secondary N) is 1. The summed E-state index contributed by atoms with van der Waals surface area (Å²) in [5.41, 5.74) is 9.63. The molecule has 4 aromatic rings. The average Bonchev–Trinajstić information content (AvgIpc) is 3.54. The lowest BCUT2D eigenvalue weighted by Crippen LogP contribution is -2.26. The molecule has 2 amide bonds. The third-order valence-corrected chi connectivity index (χ3v) is 7.17. The predicted molar refractivity (Wildman–Crippen MR) is 136 cm³/mol. The first-order chi connectivity index (χ1) is 16.5. The Labute approximate surface area is 202 Å². The van der Waals surface area contributed by atoms with Crippen molar-refractivity contribution < 1.29 is 9.59 Å². The average molecular weight is 474 g/mol. The van der Waals surface area contributed by atoms with Crippen molar-refractivity contribution in [2.24, 2.45) is 5.73 Å². The molecule has 174 valence electrons. The molecule has 34 heavy (non-hydrogen) atoms. The molecule has 0 aliphatic carbocycles. The van der Waals surface area contributed by atoms with Crippen molar-refractivity contribution in [1.29, 1.82) is 0 Å². The van der Waals surface area contributed by atoms with Crippen LogP contribution in [0.5, 0.6) is 0 Å². The molecular weight excluding hydrogens is 446 g/mol. The summed E-state index contributed by atoms with van der Waals surface area (Å²) in [5, 5.41) is 8.52. The number of hydrogen-bond acceptors (Lipinski definition) is 5. The van der Waals surface area contributed by atoms with Crippen LogP contribution >= 0.6 is 11.3 Å². The van der Waals surface area contributed by atoms with Crippen LogP contribution in [0, 0.1) is 6.92 Å². The van der Waals surface area contributed by atoms with Crippen LogP contribution in [0.4, 0.5) is 10.8 Å². The monoisotopic (exact) mass is 473 g/mol. The fraction of sp³-hybridized carbons (Fsp3) is 0.269. The molecule has 5 rings (SSSR count). The Balaban J connectivity index is 1.40. The normalized spacial score (nSPS) is 13.7. The summed E-state index contributed by atoms with van der Waals surface area (Å²) in [5.74, 6) is -0.220.